The van der Waals surface area contributed by atoms with Gasteiger partial charge in [0.25, 0.3) is 0 Å². The van der Waals surface area contributed by atoms with E-state index in [4.69, 9.17) is 21.1 Å². The summed E-state index contributed by atoms with van der Waals surface area (Å²) in [6, 6.07) is 11.7. The second kappa shape index (κ2) is 5.53. The Bertz CT molecular complexity index is 935. The first-order chi connectivity index (χ1) is 12.2. The summed E-state index contributed by atoms with van der Waals surface area (Å²) in [7, 11) is 0. The van der Waals surface area contributed by atoms with Crippen molar-refractivity contribution >= 4 is 23.1 Å². The molecular formula is C20H16ClNO3. The Balaban J connectivity index is 1.75. The molecule has 0 amide bonds. The van der Waals surface area contributed by atoms with Crippen molar-refractivity contribution in [2.75, 3.05) is 12.1 Å². The third kappa shape index (κ3) is 2.32. The molecule has 0 saturated heterocycles. The van der Waals surface area contributed by atoms with E-state index in [0.717, 1.165) is 52.4 Å². The van der Waals surface area contributed by atoms with Gasteiger partial charge < -0.3 is 14.8 Å². The Labute approximate surface area is 150 Å². The molecule has 0 fully saturated rings. The Kier molecular flexibility index (Phi) is 3.28. The predicted molar refractivity (Wildman–Crippen MR) is 95.4 cm³/mol. The highest BCUT2D eigenvalue weighted by molar-refractivity contribution is 6.30. The predicted octanol–water partition coefficient (Wildman–Crippen LogP) is 4.63. The van der Waals surface area contributed by atoms with Gasteiger partial charge in [0.15, 0.2) is 17.3 Å². The zero-order valence-electron chi connectivity index (χ0n) is 13.5. The molecule has 3 aliphatic rings. The smallest absolute Gasteiger partial charge is 0.231 e. The molecule has 2 aromatic carbocycles. The summed E-state index contributed by atoms with van der Waals surface area (Å²) in [5.74, 6) is 1.54. The molecule has 2 aliphatic heterocycles. The van der Waals surface area contributed by atoms with Gasteiger partial charge >= 0.3 is 0 Å². The van der Waals surface area contributed by atoms with Crippen LogP contribution in [0, 0.1) is 0 Å². The van der Waals surface area contributed by atoms with E-state index < -0.39 is 0 Å². The van der Waals surface area contributed by atoms with Gasteiger partial charge in [0.2, 0.25) is 6.79 Å². The minimum atomic E-state index is -0.132. The van der Waals surface area contributed by atoms with Crippen LogP contribution in [0.5, 0.6) is 11.5 Å². The molecule has 5 rings (SSSR count). The summed E-state index contributed by atoms with van der Waals surface area (Å²) >= 11 is 6.24. The topological polar surface area (TPSA) is 47.6 Å². The summed E-state index contributed by atoms with van der Waals surface area (Å²) in [5, 5.41) is 4.13. The van der Waals surface area contributed by atoms with E-state index in [2.05, 4.69) is 5.32 Å². The third-order valence-electron chi connectivity index (χ3n) is 5.07. The van der Waals surface area contributed by atoms with Crippen LogP contribution in [0.1, 0.15) is 36.3 Å². The highest BCUT2D eigenvalue weighted by Crippen LogP contribution is 2.49. The van der Waals surface area contributed by atoms with Crippen molar-refractivity contribution in [3.05, 3.63) is 63.8 Å². The van der Waals surface area contributed by atoms with Gasteiger partial charge in [0, 0.05) is 40.4 Å². The number of ketones is 1. The fraction of sp³-hybridized carbons (Fsp3) is 0.250. The highest BCUT2D eigenvalue weighted by Gasteiger charge is 2.36. The number of carbonyl (C=O) groups excluding carboxylic acids is 1. The Morgan fingerprint density at radius 3 is 2.76 bits per heavy atom. The molecule has 1 unspecified atom stereocenters. The maximum Gasteiger partial charge on any atom is 0.231 e. The fourth-order valence-corrected chi connectivity index (χ4v) is 4.18. The number of carbonyl (C=O) groups is 1. The standard InChI is InChI=1S/C20H16ClNO3/c21-12-4-1-3-11(7-12)19-13-8-17-18(25-10-24-17)9-15(13)22-14-5-2-6-16(23)20(14)19/h1,3-4,7-9,19,22H,2,5-6,10H2. The molecule has 4 nitrogen and oxygen atoms in total. The van der Waals surface area contributed by atoms with Crippen LogP contribution in [-0.2, 0) is 4.79 Å². The summed E-state index contributed by atoms with van der Waals surface area (Å²) < 4.78 is 11.1. The number of ether oxygens (including phenoxy) is 2. The number of Topliss-reactive ketones (excluding diaryl/α,β-unsaturated/α-hetero) is 1. The number of benzene rings is 2. The molecule has 1 N–H and O–H groups in total. The van der Waals surface area contributed by atoms with Crippen molar-refractivity contribution in [1.82, 2.24) is 0 Å². The summed E-state index contributed by atoms with van der Waals surface area (Å²) in [6.07, 6.45) is 2.36. The van der Waals surface area contributed by atoms with Crippen molar-refractivity contribution in [1.29, 1.82) is 0 Å². The number of allylic oxidation sites excluding steroid dienone is 2. The first-order valence-electron chi connectivity index (χ1n) is 8.43. The second-order valence-corrected chi connectivity index (χ2v) is 7.01. The largest absolute Gasteiger partial charge is 0.454 e. The van der Waals surface area contributed by atoms with E-state index >= 15 is 0 Å². The lowest BCUT2D eigenvalue weighted by atomic mass is 9.75. The van der Waals surface area contributed by atoms with E-state index in [1.807, 2.05) is 36.4 Å². The van der Waals surface area contributed by atoms with Crippen molar-refractivity contribution in [3.8, 4) is 11.5 Å². The van der Waals surface area contributed by atoms with Gasteiger partial charge in [-0.3, -0.25) is 4.79 Å². The van der Waals surface area contributed by atoms with Crippen LogP contribution in [0.2, 0.25) is 5.02 Å². The number of nitrogens with one attached hydrogen (secondary N) is 1. The third-order valence-corrected chi connectivity index (χ3v) is 5.30. The average Bonchev–Trinajstić information content (AvgIpc) is 3.05. The van der Waals surface area contributed by atoms with Crippen LogP contribution >= 0.6 is 11.6 Å². The molecule has 1 atom stereocenters. The summed E-state index contributed by atoms with van der Waals surface area (Å²) in [6.45, 7) is 0.228. The van der Waals surface area contributed by atoms with Crippen LogP contribution in [0.25, 0.3) is 0 Å². The number of fused-ring (bicyclic) bond motifs is 2. The van der Waals surface area contributed by atoms with Crippen molar-refractivity contribution in [2.24, 2.45) is 0 Å². The van der Waals surface area contributed by atoms with Gasteiger partial charge in [-0.2, -0.15) is 0 Å². The lowest BCUT2D eigenvalue weighted by Gasteiger charge is -2.34. The van der Waals surface area contributed by atoms with Crippen LogP contribution in [0.15, 0.2) is 47.7 Å². The van der Waals surface area contributed by atoms with Gasteiger partial charge in [-0.15, -0.1) is 0 Å². The lowest BCUT2D eigenvalue weighted by Crippen LogP contribution is -2.26. The highest BCUT2D eigenvalue weighted by atomic mass is 35.5. The van der Waals surface area contributed by atoms with Crippen molar-refractivity contribution in [3.63, 3.8) is 0 Å². The van der Waals surface area contributed by atoms with Gasteiger partial charge in [-0.1, -0.05) is 23.7 Å². The maximum atomic E-state index is 12.8. The van der Waals surface area contributed by atoms with Gasteiger partial charge in [0.1, 0.15) is 0 Å². The van der Waals surface area contributed by atoms with E-state index in [1.54, 1.807) is 0 Å². The van der Waals surface area contributed by atoms with Crippen LogP contribution in [0.4, 0.5) is 5.69 Å². The van der Waals surface area contributed by atoms with Crippen LogP contribution in [0.3, 0.4) is 0 Å². The first-order valence-corrected chi connectivity index (χ1v) is 8.81. The zero-order valence-corrected chi connectivity index (χ0v) is 14.2. The first kappa shape index (κ1) is 14.8. The minimum Gasteiger partial charge on any atom is -0.454 e. The van der Waals surface area contributed by atoms with Crippen molar-refractivity contribution < 1.29 is 14.3 Å². The molecular weight excluding hydrogens is 338 g/mol. The molecule has 126 valence electrons. The van der Waals surface area contributed by atoms with E-state index in [0.29, 0.717) is 11.4 Å². The molecule has 0 spiro atoms. The van der Waals surface area contributed by atoms with E-state index in [-0.39, 0.29) is 18.5 Å². The van der Waals surface area contributed by atoms with Crippen LogP contribution in [-0.4, -0.2) is 12.6 Å². The fourth-order valence-electron chi connectivity index (χ4n) is 3.98. The molecule has 0 radical (unpaired) electrons. The molecule has 1 aliphatic carbocycles. The minimum absolute atomic E-state index is 0.132. The van der Waals surface area contributed by atoms with E-state index in [9.17, 15) is 4.79 Å². The number of anilines is 1. The van der Waals surface area contributed by atoms with Gasteiger partial charge in [-0.25, -0.2) is 0 Å². The Hall–Kier alpha value is -2.46. The molecule has 0 saturated carbocycles. The normalized spacial score (nSPS) is 20.8. The van der Waals surface area contributed by atoms with Gasteiger partial charge in [0.05, 0.1) is 0 Å². The monoisotopic (exact) mass is 353 g/mol. The zero-order chi connectivity index (χ0) is 17.0. The second-order valence-electron chi connectivity index (χ2n) is 6.57. The quantitative estimate of drug-likeness (QED) is 0.811. The lowest BCUT2D eigenvalue weighted by molar-refractivity contribution is -0.116. The van der Waals surface area contributed by atoms with Crippen LogP contribution < -0.4 is 14.8 Å². The van der Waals surface area contributed by atoms with Crippen molar-refractivity contribution in [2.45, 2.75) is 25.2 Å². The molecule has 2 heterocycles. The van der Waals surface area contributed by atoms with Gasteiger partial charge in [-0.05, 0) is 42.2 Å². The Morgan fingerprint density at radius 1 is 1.08 bits per heavy atom. The summed E-state index contributed by atoms with van der Waals surface area (Å²) in [5.41, 5.74) is 4.91. The molecule has 0 aromatic heterocycles. The molecule has 2 aromatic rings. The Morgan fingerprint density at radius 2 is 1.92 bits per heavy atom. The number of hydrogen-bond acceptors (Lipinski definition) is 4. The molecule has 25 heavy (non-hydrogen) atoms. The number of rotatable bonds is 1. The average molecular weight is 354 g/mol. The SMILES string of the molecule is O=C1CCCC2=C1C(c1cccc(Cl)c1)c1cc3c(cc1N2)OCO3. The molecule has 0 bridgehead atoms. The van der Waals surface area contributed by atoms with E-state index in [1.165, 1.54) is 0 Å². The number of hydrogen-bond donors (Lipinski definition) is 1. The maximum absolute atomic E-state index is 12.8. The molecule has 5 heteroatoms. The summed E-state index contributed by atoms with van der Waals surface area (Å²) in [4.78, 5) is 12.8. The number of halogens is 1.